The van der Waals surface area contributed by atoms with Crippen LogP contribution in [-0.4, -0.2) is 61.3 Å². The molecule has 14 heteroatoms. The Hall–Kier alpha value is -5.31. The Balaban J connectivity index is 1.42. The summed E-state index contributed by atoms with van der Waals surface area (Å²) in [6.07, 6.45) is -4.68. The molecule has 0 aromatic heterocycles. The lowest BCUT2D eigenvalue weighted by molar-refractivity contribution is -0.137. The molecule has 0 spiro atoms. The van der Waals surface area contributed by atoms with Crippen LogP contribution in [0.1, 0.15) is 61.5 Å². The topological polar surface area (TPSA) is 145 Å². The second-order valence-electron chi connectivity index (χ2n) is 12.4. The Morgan fingerprint density at radius 1 is 0.827 bits per heavy atom. The summed E-state index contributed by atoms with van der Waals surface area (Å²) in [6.45, 7) is 1.66. The number of nitrogens with one attached hydrogen (secondary N) is 3. The van der Waals surface area contributed by atoms with Crippen LogP contribution in [0.15, 0.2) is 109 Å². The van der Waals surface area contributed by atoms with Crippen molar-refractivity contribution in [3.05, 3.63) is 148 Å². The van der Waals surface area contributed by atoms with Crippen molar-refractivity contribution < 1.29 is 41.1 Å². The molecule has 0 saturated heterocycles. The van der Waals surface area contributed by atoms with Gasteiger partial charge in [0.05, 0.1) is 23.8 Å². The molecule has 272 valence electrons. The molecule has 4 aromatic carbocycles. The molecule has 1 aliphatic heterocycles. The van der Waals surface area contributed by atoms with Gasteiger partial charge < -0.3 is 21.1 Å². The monoisotopic (exact) mass is 734 g/mol. The van der Waals surface area contributed by atoms with E-state index in [2.05, 4.69) is 16.0 Å². The summed E-state index contributed by atoms with van der Waals surface area (Å²) < 4.78 is 66.4. The predicted octanol–water partition coefficient (Wildman–Crippen LogP) is 4.83. The standard InChI is InChI=1S/C38H37F3N4O6S/c1-24(27-13-7-4-8-14-27)43-36(48)29-18-28(34-21-35(47)45(2)52(34,50)51)19-30(20-29)37(49)44-32(17-25-10-5-3-6-11-25)33(46)23-42-22-26-12-9-15-31(16-26)38(39,40)41/h3-16,18-21,24,32-33,42,46H,17,22-23H2,1-2H3,(H,43,48)(H,44,49)/t24-,32+,33-/m1/s1. The van der Waals surface area contributed by atoms with Gasteiger partial charge in [0.1, 0.15) is 4.91 Å². The fourth-order valence-electron chi connectivity index (χ4n) is 5.68. The van der Waals surface area contributed by atoms with Crippen molar-refractivity contribution >= 4 is 32.6 Å². The van der Waals surface area contributed by atoms with E-state index < -0.39 is 57.7 Å². The van der Waals surface area contributed by atoms with Crippen LogP contribution < -0.4 is 16.0 Å². The van der Waals surface area contributed by atoms with Crippen LogP contribution >= 0.6 is 0 Å². The summed E-state index contributed by atoms with van der Waals surface area (Å²) in [4.78, 5) is 39.5. The number of hydrogen-bond acceptors (Lipinski definition) is 7. The van der Waals surface area contributed by atoms with Crippen LogP contribution in [0.4, 0.5) is 13.2 Å². The number of likely N-dealkylation sites (N-methyl/N-ethyl adjacent to an activating group) is 1. The Morgan fingerprint density at radius 2 is 1.42 bits per heavy atom. The van der Waals surface area contributed by atoms with Gasteiger partial charge >= 0.3 is 6.18 Å². The number of alkyl halides is 3. The van der Waals surface area contributed by atoms with Gasteiger partial charge in [0, 0.05) is 37.3 Å². The van der Waals surface area contributed by atoms with Crippen LogP contribution in [0, 0.1) is 0 Å². The second-order valence-corrected chi connectivity index (χ2v) is 14.3. The molecule has 4 aromatic rings. The minimum atomic E-state index is -4.51. The van der Waals surface area contributed by atoms with E-state index in [4.69, 9.17) is 0 Å². The van der Waals surface area contributed by atoms with Crippen LogP contribution in [0.25, 0.3) is 4.91 Å². The number of benzene rings is 4. The summed E-state index contributed by atoms with van der Waals surface area (Å²) in [5.74, 6) is -2.15. The first-order valence-corrected chi connectivity index (χ1v) is 17.7. The van der Waals surface area contributed by atoms with Crippen LogP contribution in [-0.2, 0) is 34.0 Å². The number of aliphatic hydroxyl groups is 1. The summed E-state index contributed by atoms with van der Waals surface area (Å²) in [7, 11) is -3.17. The molecule has 1 aliphatic rings. The first kappa shape index (κ1) is 37.9. The molecular formula is C38H37F3N4O6S. The lowest BCUT2D eigenvalue weighted by Crippen LogP contribution is -2.48. The fourth-order valence-corrected chi connectivity index (χ4v) is 6.93. The maximum atomic E-state index is 13.9. The predicted molar refractivity (Wildman–Crippen MR) is 189 cm³/mol. The highest BCUT2D eigenvalue weighted by molar-refractivity contribution is 7.99. The lowest BCUT2D eigenvalue weighted by Gasteiger charge is -2.25. The van der Waals surface area contributed by atoms with Crippen molar-refractivity contribution in [1.29, 1.82) is 0 Å². The molecule has 0 aliphatic carbocycles. The van der Waals surface area contributed by atoms with Crippen molar-refractivity contribution in [2.75, 3.05) is 13.6 Å². The molecule has 3 amide bonds. The number of nitrogens with zero attached hydrogens (tertiary/aromatic N) is 1. The van der Waals surface area contributed by atoms with Gasteiger partial charge in [-0.05, 0) is 59.9 Å². The van der Waals surface area contributed by atoms with Crippen molar-refractivity contribution in [3.8, 4) is 0 Å². The van der Waals surface area contributed by atoms with E-state index in [1.807, 2.05) is 30.3 Å². The first-order chi connectivity index (χ1) is 24.6. The molecule has 0 saturated carbocycles. The second kappa shape index (κ2) is 15.9. The Morgan fingerprint density at radius 3 is 2.02 bits per heavy atom. The van der Waals surface area contributed by atoms with Gasteiger partial charge in [-0.1, -0.05) is 78.9 Å². The summed E-state index contributed by atoms with van der Waals surface area (Å²) in [6, 6.07) is 25.3. The number of rotatable bonds is 13. The highest BCUT2D eigenvalue weighted by Gasteiger charge is 2.36. The molecule has 5 rings (SSSR count). The number of aliphatic hydroxyl groups excluding tert-OH is 1. The molecule has 52 heavy (non-hydrogen) atoms. The first-order valence-electron chi connectivity index (χ1n) is 16.3. The average Bonchev–Trinajstić information content (AvgIpc) is 3.33. The molecule has 0 fully saturated rings. The minimum absolute atomic E-state index is 0.00561. The summed E-state index contributed by atoms with van der Waals surface area (Å²) in [5.41, 5.74) is 0.876. The van der Waals surface area contributed by atoms with Crippen molar-refractivity contribution in [3.63, 3.8) is 0 Å². The number of amides is 3. The van der Waals surface area contributed by atoms with Crippen molar-refractivity contribution in [1.82, 2.24) is 20.3 Å². The van der Waals surface area contributed by atoms with E-state index in [1.54, 1.807) is 37.3 Å². The molecule has 4 N–H and O–H groups in total. The third-order valence-corrected chi connectivity index (χ3v) is 10.4. The normalized spacial score (nSPS) is 15.8. The van der Waals surface area contributed by atoms with Gasteiger partial charge in [-0.3, -0.25) is 14.4 Å². The van der Waals surface area contributed by atoms with Crippen molar-refractivity contribution in [2.45, 2.75) is 44.3 Å². The Kier molecular flexibility index (Phi) is 11.6. The van der Waals surface area contributed by atoms with Crippen molar-refractivity contribution in [2.24, 2.45) is 0 Å². The molecule has 1 heterocycles. The average molecular weight is 735 g/mol. The van der Waals surface area contributed by atoms with E-state index in [0.717, 1.165) is 36.4 Å². The van der Waals surface area contributed by atoms with E-state index in [-0.39, 0.29) is 41.1 Å². The van der Waals surface area contributed by atoms with E-state index in [0.29, 0.717) is 9.87 Å². The van der Waals surface area contributed by atoms with Gasteiger partial charge in [0.15, 0.2) is 0 Å². The molecule has 0 bridgehead atoms. The number of carbonyl (C=O) groups excluding carboxylic acids is 3. The third kappa shape index (κ3) is 9.12. The zero-order valence-corrected chi connectivity index (χ0v) is 29.0. The Labute approximate surface area is 299 Å². The van der Waals surface area contributed by atoms with Gasteiger partial charge in [-0.2, -0.15) is 13.2 Å². The van der Waals surface area contributed by atoms with E-state index >= 15 is 0 Å². The Bertz CT molecular complexity index is 2080. The number of halogens is 3. The van der Waals surface area contributed by atoms with Crippen LogP contribution in [0.5, 0.6) is 0 Å². The highest BCUT2D eigenvalue weighted by Crippen LogP contribution is 2.32. The quantitative estimate of drug-likeness (QED) is 0.154. The maximum Gasteiger partial charge on any atom is 0.416 e. The van der Waals surface area contributed by atoms with Gasteiger partial charge in [0.25, 0.3) is 27.7 Å². The highest BCUT2D eigenvalue weighted by atomic mass is 32.2. The summed E-state index contributed by atoms with van der Waals surface area (Å²) in [5, 5.41) is 19.9. The van der Waals surface area contributed by atoms with Gasteiger partial charge in [-0.15, -0.1) is 0 Å². The largest absolute Gasteiger partial charge is 0.416 e. The maximum absolute atomic E-state index is 13.9. The number of sulfonamides is 1. The van der Waals surface area contributed by atoms with E-state index in [1.165, 1.54) is 30.3 Å². The number of carbonyl (C=O) groups is 3. The van der Waals surface area contributed by atoms with Crippen LogP contribution in [0.2, 0.25) is 0 Å². The van der Waals surface area contributed by atoms with Crippen LogP contribution in [0.3, 0.4) is 0 Å². The molecule has 0 radical (unpaired) electrons. The third-order valence-electron chi connectivity index (χ3n) is 8.61. The smallest absolute Gasteiger partial charge is 0.390 e. The fraction of sp³-hybridized carbons (Fsp3) is 0.237. The SMILES string of the molecule is C[C@@H](NC(=O)c1cc(C(=O)N[C@@H](Cc2ccccc2)[C@H](O)CNCc2cccc(C(F)(F)F)c2)cc(C2=CC(=O)N(C)S2(=O)=O)c1)c1ccccc1. The minimum Gasteiger partial charge on any atom is -0.390 e. The lowest BCUT2D eigenvalue weighted by atomic mass is 9.99. The molecule has 0 unspecified atom stereocenters. The van der Waals surface area contributed by atoms with E-state index in [9.17, 15) is 41.1 Å². The molecule has 3 atom stereocenters. The zero-order chi connectivity index (χ0) is 37.6. The number of hydrogen-bond donors (Lipinski definition) is 4. The van der Waals surface area contributed by atoms with Gasteiger partial charge in [0.2, 0.25) is 0 Å². The summed E-state index contributed by atoms with van der Waals surface area (Å²) >= 11 is 0. The molecular weight excluding hydrogens is 698 g/mol. The van der Waals surface area contributed by atoms with Gasteiger partial charge in [-0.25, -0.2) is 12.7 Å². The zero-order valence-electron chi connectivity index (χ0n) is 28.2. The molecule has 10 nitrogen and oxygen atoms in total.